The molecule has 1 aromatic heterocycles. The van der Waals surface area contributed by atoms with Gasteiger partial charge in [0.15, 0.2) is 0 Å². The number of nitrogens with zero attached hydrogens (tertiary/aromatic N) is 3. The third-order valence-electron chi connectivity index (χ3n) is 2.58. The summed E-state index contributed by atoms with van der Waals surface area (Å²) in [6.45, 7) is 1.90. The van der Waals surface area contributed by atoms with Crippen LogP contribution in [0.2, 0.25) is 0 Å². The van der Waals surface area contributed by atoms with Gasteiger partial charge in [0, 0.05) is 13.1 Å². The van der Waals surface area contributed by atoms with E-state index in [9.17, 15) is 4.79 Å². The lowest BCUT2D eigenvalue weighted by atomic mass is 10.1. The number of piperidine rings is 1. The second kappa shape index (κ2) is 6.66. The SMILES string of the molecule is CN.N#Cc1ncc(N2CCCCC2)[nH]c1=O. The third kappa shape index (κ3) is 3.29. The lowest BCUT2D eigenvalue weighted by Crippen LogP contribution is -2.32. The number of rotatable bonds is 1. The minimum Gasteiger partial charge on any atom is -0.357 e. The topological polar surface area (TPSA) is 98.8 Å². The van der Waals surface area contributed by atoms with E-state index in [1.54, 1.807) is 12.3 Å². The van der Waals surface area contributed by atoms with Gasteiger partial charge in [0.1, 0.15) is 11.9 Å². The maximum Gasteiger partial charge on any atom is 0.286 e. The van der Waals surface area contributed by atoms with Crippen molar-refractivity contribution in [2.75, 3.05) is 25.0 Å². The van der Waals surface area contributed by atoms with Crippen LogP contribution in [0.5, 0.6) is 0 Å². The second-order valence-corrected chi connectivity index (χ2v) is 3.61. The summed E-state index contributed by atoms with van der Waals surface area (Å²) in [6, 6.07) is 1.75. The smallest absolute Gasteiger partial charge is 0.286 e. The molecule has 1 aliphatic heterocycles. The molecule has 6 heteroatoms. The molecule has 1 fully saturated rings. The first-order valence-corrected chi connectivity index (χ1v) is 5.63. The molecule has 0 aliphatic carbocycles. The van der Waals surface area contributed by atoms with Crippen molar-refractivity contribution < 1.29 is 0 Å². The fourth-order valence-corrected chi connectivity index (χ4v) is 1.77. The van der Waals surface area contributed by atoms with Crippen molar-refractivity contribution in [3.8, 4) is 6.07 Å². The number of anilines is 1. The van der Waals surface area contributed by atoms with Crippen molar-refractivity contribution in [2.45, 2.75) is 19.3 Å². The average Bonchev–Trinajstić information content (AvgIpc) is 2.42. The Morgan fingerprint density at radius 2 is 2.06 bits per heavy atom. The van der Waals surface area contributed by atoms with E-state index in [1.165, 1.54) is 13.5 Å². The molecular formula is C11H17N5O. The Morgan fingerprint density at radius 3 is 2.59 bits per heavy atom. The summed E-state index contributed by atoms with van der Waals surface area (Å²) in [6.07, 6.45) is 5.08. The van der Waals surface area contributed by atoms with Gasteiger partial charge < -0.3 is 15.6 Å². The monoisotopic (exact) mass is 235 g/mol. The highest BCUT2D eigenvalue weighted by Crippen LogP contribution is 2.14. The number of H-pyrrole nitrogens is 1. The summed E-state index contributed by atoms with van der Waals surface area (Å²) < 4.78 is 0. The zero-order valence-corrected chi connectivity index (χ0v) is 9.94. The van der Waals surface area contributed by atoms with Crippen LogP contribution in [0.3, 0.4) is 0 Å². The van der Waals surface area contributed by atoms with Crippen LogP contribution < -0.4 is 16.2 Å². The molecule has 0 spiro atoms. The summed E-state index contributed by atoms with van der Waals surface area (Å²) in [4.78, 5) is 20.0. The van der Waals surface area contributed by atoms with Crippen molar-refractivity contribution in [3.05, 3.63) is 22.2 Å². The Hall–Kier alpha value is -1.87. The molecule has 2 heterocycles. The molecule has 0 radical (unpaired) electrons. The fourth-order valence-electron chi connectivity index (χ4n) is 1.77. The van der Waals surface area contributed by atoms with Crippen molar-refractivity contribution in [1.29, 1.82) is 5.26 Å². The number of nitriles is 1. The maximum absolute atomic E-state index is 11.3. The third-order valence-corrected chi connectivity index (χ3v) is 2.58. The van der Waals surface area contributed by atoms with Gasteiger partial charge in [0.05, 0.1) is 6.20 Å². The van der Waals surface area contributed by atoms with Gasteiger partial charge in [0.2, 0.25) is 5.69 Å². The van der Waals surface area contributed by atoms with Gasteiger partial charge in [0.25, 0.3) is 5.56 Å². The Kier molecular flexibility index (Phi) is 5.17. The van der Waals surface area contributed by atoms with Crippen LogP contribution in [0.1, 0.15) is 25.0 Å². The van der Waals surface area contributed by atoms with E-state index in [4.69, 9.17) is 5.26 Å². The van der Waals surface area contributed by atoms with Crippen molar-refractivity contribution in [2.24, 2.45) is 5.73 Å². The van der Waals surface area contributed by atoms with Gasteiger partial charge in [-0.05, 0) is 26.3 Å². The highest BCUT2D eigenvalue weighted by atomic mass is 16.1. The molecule has 0 saturated carbocycles. The van der Waals surface area contributed by atoms with Gasteiger partial charge in [-0.25, -0.2) is 4.98 Å². The molecule has 1 aromatic rings. The van der Waals surface area contributed by atoms with Crippen LogP contribution >= 0.6 is 0 Å². The van der Waals surface area contributed by atoms with Crippen LogP contribution in [0.25, 0.3) is 0 Å². The quantitative estimate of drug-likeness (QED) is 0.724. The summed E-state index contributed by atoms with van der Waals surface area (Å²) >= 11 is 0. The van der Waals surface area contributed by atoms with Crippen LogP contribution in [-0.4, -0.2) is 30.1 Å². The molecule has 92 valence electrons. The molecule has 0 amide bonds. The Balaban J connectivity index is 0.000000686. The lowest BCUT2D eigenvalue weighted by molar-refractivity contribution is 0.572. The van der Waals surface area contributed by atoms with Crippen LogP contribution in [-0.2, 0) is 0 Å². The van der Waals surface area contributed by atoms with E-state index in [1.807, 2.05) is 0 Å². The molecule has 0 aromatic carbocycles. The summed E-state index contributed by atoms with van der Waals surface area (Å²) in [5.74, 6) is 0.721. The van der Waals surface area contributed by atoms with E-state index in [-0.39, 0.29) is 5.69 Å². The van der Waals surface area contributed by atoms with E-state index in [0.29, 0.717) is 0 Å². The molecule has 6 nitrogen and oxygen atoms in total. The van der Waals surface area contributed by atoms with Crippen LogP contribution in [0, 0.1) is 11.3 Å². The molecule has 0 atom stereocenters. The molecule has 1 aliphatic rings. The van der Waals surface area contributed by atoms with Crippen molar-refractivity contribution in [1.82, 2.24) is 9.97 Å². The predicted molar refractivity (Wildman–Crippen MR) is 65.7 cm³/mol. The fraction of sp³-hybridized carbons (Fsp3) is 0.545. The summed E-state index contributed by atoms with van der Waals surface area (Å²) in [5, 5.41) is 8.57. The first-order chi connectivity index (χ1) is 8.31. The molecule has 0 bridgehead atoms. The molecular weight excluding hydrogens is 218 g/mol. The number of nitrogens with two attached hydrogens (primary N) is 1. The zero-order chi connectivity index (χ0) is 12.7. The Bertz CT molecular complexity index is 442. The average molecular weight is 235 g/mol. The zero-order valence-electron chi connectivity index (χ0n) is 9.94. The number of nitrogens with one attached hydrogen (secondary N) is 1. The Labute approximate surface area is 100 Å². The van der Waals surface area contributed by atoms with Gasteiger partial charge in [-0.3, -0.25) is 4.79 Å². The van der Waals surface area contributed by atoms with Gasteiger partial charge in [-0.1, -0.05) is 0 Å². The van der Waals surface area contributed by atoms with E-state index >= 15 is 0 Å². The first-order valence-electron chi connectivity index (χ1n) is 5.63. The van der Waals surface area contributed by atoms with E-state index < -0.39 is 5.56 Å². The number of aromatic amines is 1. The number of hydrogen-bond acceptors (Lipinski definition) is 5. The largest absolute Gasteiger partial charge is 0.357 e. The molecule has 3 N–H and O–H groups in total. The minimum absolute atomic E-state index is 0.0734. The summed E-state index contributed by atoms with van der Waals surface area (Å²) in [7, 11) is 1.50. The number of aromatic nitrogens is 2. The predicted octanol–water partition coefficient (Wildman–Crippen LogP) is 0.207. The first kappa shape index (κ1) is 13.2. The van der Waals surface area contributed by atoms with Crippen molar-refractivity contribution >= 4 is 5.82 Å². The standard InChI is InChI=1S/C10H12N4O.CH5N/c11-6-8-10(15)13-9(7-12-8)14-4-2-1-3-5-14;1-2/h7H,1-5H2,(H,13,15);2H2,1H3. The molecule has 2 rings (SSSR count). The van der Waals surface area contributed by atoms with Gasteiger partial charge >= 0.3 is 0 Å². The Morgan fingerprint density at radius 1 is 1.41 bits per heavy atom. The molecule has 1 saturated heterocycles. The molecule has 17 heavy (non-hydrogen) atoms. The normalized spacial score (nSPS) is 14.5. The van der Waals surface area contributed by atoms with Crippen LogP contribution in [0.15, 0.2) is 11.0 Å². The van der Waals surface area contributed by atoms with Gasteiger partial charge in [-0.2, -0.15) is 5.26 Å². The van der Waals surface area contributed by atoms with E-state index in [0.717, 1.165) is 31.7 Å². The van der Waals surface area contributed by atoms with Gasteiger partial charge in [-0.15, -0.1) is 0 Å². The summed E-state index contributed by atoms with van der Waals surface area (Å²) in [5.41, 5.74) is 4.02. The van der Waals surface area contributed by atoms with E-state index in [2.05, 4.69) is 20.6 Å². The lowest BCUT2D eigenvalue weighted by Gasteiger charge is -2.27. The van der Waals surface area contributed by atoms with Crippen LogP contribution in [0.4, 0.5) is 5.82 Å². The minimum atomic E-state index is -0.402. The second-order valence-electron chi connectivity index (χ2n) is 3.61. The highest BCUT2D eigenvalue weighted by molar-refractivity contribution is 5.37. The highest BCUT2D eigenvalue weighted by Gasteiger charge is 2.12. The maximum atomic E-state index is 11.3. The number of hydrogen-bond donors (Lipinski definition) is 2. The molecule has 0 unspecified atom stereocenters. The van der Waals surface area contributed by atoms with Crippen molar-refractivity contribution in [3.63, 3.8) is 0 Å².